The zero-order chi connectivity index (χ0) is 17.2. The van der Waals surface area contributed by atoms with Crippen molar-refractivity contribution in [3.05, 3.63) is 60.4 Å². The molecule has 1 heterocycles. The van der Waals surface area contributed by atoms with Gasteiger partial charge in [-0.15, -0.1) is 0 Å². The van der Waals surface area contributed by atoms with E-state index < -0.39 is 16.0 Å². The number of hydrogen-bond donors (Lipinski definition) is 3. The molecule has 24 heavy (non-hydrogen) atoms. The zero-order valence-electron chi connectivity index (χ0n) is 12.2. The predicted molar refractivity (Wildman–Crippen MR) is 86.0 cm³/mol. The molecule has 3 rings (SSSR count). The van der Waals surface area contributed by atoms with Crippen LogP contribution in [0.2, 0.25) is 0 Å². The summed E-state index contributed by atoms with van der Waals surface area (Å²) in [6.07, 6.45) is 1.36. The standard InChI is InChI=1S/C15H12N4O4S/c20-15(21)10-4-6-13(7-5-10)24(22,23)19-12-3-1-2-11(8-12)14-16-9-17-18-14/h1-9,19H,(H,20,21)(H,16,17,18). The predicted octanol–water partition coefficient (Wildman–Crippen LogP) is 1.97. The summed E-state index contributed by atoms with van der Waals surface area (Å²) in [6, 6.07) is 11.6. The highest BCUT2D eigenvalue weighted by atomic mass is 32.2. The van der Waals surface area contributed by atoms with E-state index in [1.807, 2.05) is 0 Å². The van der Waals surface area contributed by atoms with Crippen LogP contribution in [0.4, 0.5) is 5.69 Å². The van der Waals surface area contributed by atoms with Crippen molar-refractivity contribution in [3.8, 4) is 11.4 Å². The Hall–Kier alpha value is -3.20. The fourth-order valence-electron chi connectivity index (χ4n) is 2.07. The van der Waals surface area contributed by atoms with Gasteiger partial charge in [-0.3, -0.25) is 9.82 Å². The molecule has 3 aromatic rings. The first kappa shape index (κ1) is 15.7. The number of nitrogens with one attached hydrogen (secondary N) is 2. The molecule has 1 aromatic heterocycles. The van der Waals surface area contributed by atoms with Gasteiger partial charge in [0.2, 0.25) is 0 Å². The normalized spacial score (nSPS) is 11.2. The van der Waals surface area contributed by atoms with E-state index in [9.17, 15) is 13.2 Å². The van der Waals surface area contributed by atoms with Crippen molar-refractivity contribution in [1.29, 1.82) is 0 Å². The molecule has 0 saturated heterocycles. The second-order valence-corrected chi connectivity index (χ2v) is 6.53. The number of H-pyrrole nitrogens is 1. The molecular weight excluding hydrogens is 332 g/mol. The van der Waals surface area contributed by atoms with Gasteiger partial charge < -0.3 is 5.11 Å². The molecule has 0 radical (unpaired) electrons. The molecule has 0 fully saturated rings. The summed E-state index contributed by atoms with van der Waals surface area (Å²) in [6.45, 7) is 0. The molecule has 0 aliphatic rings. The van der Waals surface area contributed by atoms with Crippen LogP contribution in [0, 0.1) is 0 Å². The molecule has 0 aliphatic heterocycles. The number of hydrogen-bond acceptors (Lipinski definition) is 5. The van der Waals surface area contributed by atoms with Crippen molar-refractivity contribution >= 4 is 21.7 Å². The monoisotopic (exact) mass is 344 g/mol. The van der Waals surface area contributed by atoms with Crippen molar-refractivity contribution in [2.75, 3.05) is 4.72 Å². The second-order valence-electron chi connectivity index (χ2n) is 4.85. The molecule has 9 heteroatoms. The maximum atomic E-state index is 12.4. The molecule has 2 aromatic carbocycles. The van der Waals surface area contributed by atoms with Crippen LogP contribution in [0.15, 0.2) is 59.8 Å². The summed E-state index contributed by atoms with van der Waals surface area (Å²) in [5.74, 6) is -0.603. The van der Waals surface area contributed by atoms with Crippen LogP contribution in [0.5, 0.6) is 0 Å². The number of anilines is 1. The molecule has 0 spiro atoms. The average Bonchev–Trinajstić information content (AvgIpc) is 3.09. The number of benzene rings is 2. The lowest BCUT2D eigenvalue weighted by Crippen LogP contribution is -2.13. The molecule has 0 unspecified atom stereocenters. The van der Waals surface area contributed by atoms with E-state index in [1.165, 1.54) is 30.6 Å². The van der Waals surface area contributed by atoms with Crippen molar-refractivity contribution in [3.63, 3.8) is 0 Å². The van der Waals surface area contributed by atoms with E-state index in [0.29, 0.717) is 17.1 Å². The van der Waals surface area contributed by atoms with Gasteiger partial charge in [-0.1, -0.05) is 12.1 Å². The maximum Gasteiger partial charge on any atom is 0.335 e. The number of aromatic carboxylic acids is 1. The van der Waals surface area contributed by atoms with Crippen molar-refractivity contribution in [2.45, 2.75) is 4.90 Å². The zero-order valence-corrected chi connectivity index (χ0v) is 13.0. The number of aromatic nitrogens is 3. The SMILES string of the molecule is O=C(O)c1ccc(S(=O)(=O)Nc2cccc(-c3ncn[nH]3)c2)cc1. The summed E-state index contributed by atoms with van der Waals surface area (Å²) < 4.78 is 27.2. The minimum Gasteiger partial charge on any atom is -0.478 e. The third-order valence-electron chi connectivity index (χ3n) is 3.21. The van der Waals surface area contributed by atoms with E-state index in [1.54, 1.807) is 24.3 Å². The fraction of sp³-hybridized carbons (Fsp3) is 0. The number of rotatable bonds is 5. The molecular formula is C15H12N4O4S. The van der Waals surface area contributed by atoms with Gasteiger partial charge in [0, 0.05) is 11.3 Å². The van der Waals surface area contributed by atoms with Crippen LogP contribution in [-0.4, -0.2) is 34.7 Å². The quantitative estimate of drug-likeness (QED) is 0.650. The number of sulfonamides is 1. The van der Waals surface area contributed by atoms with Crippen LogP contribution >= 0.6 is 0 Å². The third kappa shape index (κ3) is 3.25. The van der Waals surface area contributed by atoms with Gasteiger partial charge in [0.15, 0.2) is 5.82 Å². The van der Waals surface area contributed by atoms with Crippen molar-refractivity contribution < 1.29 is 18.3 Å². The van der Waals surface area contributed by atoms with Crippen LogP contribution in [0.3, 0.4) is 0 Å². The molecule has 0 atom stereocenters. The van der Waals surface area contributed by atoms with Gasteiger partial charge >= 0.3 is 5.97 Å². The van der Waals surface area contributed by atoms with Gasteiger partial charge in [-0.25, -0.2) is 18.2 Å². The summed E-state index contributed by atoms with van der Waals surface area (Å²) in [4.78, 5) is 14.8. The van der Waals surface area contributed by atoms with E-state index in [-0.39, 0.29) is 10.5 Å². The van der Waals surface area contributed by atoms with Gasteiger partial charge in [-0.2, -0.15) is 5.10 Å². The van der Waals surface area contributed by atoms with E-state index in [0.717, 1.165) is 0 Å². The summed E-state index contributed by atoms with van der Waals surface area (Å²) in [5.41, 5.74) is 1.04. The molecule has 0 bridgehead atoms. The Labute approximate surface area is 137 Å². The fourth-order valence-corrected chi connectivity index (χ4v) is 3.11. The first-order valence-corrected chi connectivity index (χ1v) is 8.26. The maximum absolute atomic E-state index is 12.4. The van der Waals surface area contributed by atoms with Crippen LogP contribution in [-0.2, 0) is 10.0 Å². The third-order valence-corrected chi connectivity index (χ3v) is 4.61. The van der Waals surface area contributed by atoms with Crippen LogP contribution < -0.4 is 4.72 Å². The molecule has 0 aliphatic carbocycles. The lowest BCUT2D eigenvalue weighted by Gasteiger charge is -2.09. The van der Waals surface area contributed by atoms with Gasteiger partial charge in [0.25, 0.3) is 10.0 Å². The Bertz CT molecular complexity index is 967. The minimum absolute atomic E-state index is 0.0151. The minimum atomic E-state index is -3.83. The Morgan fingerprint density at radius 3 is 2.50 bits per heavy atom. The van der Waals surface area contributed by atoms with Crippen LogP contribution in [0.25, 0.3) is 11.4 Å². The Balaban J connectivity index is 1.87. The first-order chi connectivity index (χ1) is 11.5. The van der Waals surface area contributed by atoms with Gasteiger partial charge in [-0.05, 0) is 36.4 Å². The lowest BCUT2D eigenvalue weighted by molar-refractivity contribution is 0.0696. The first-order valence-electron chi connectivity index (χ1n) is 6.78. The summed E-state index contributed by atoms with van der Waals surface area (Å²) in [5, 5.41) is 15.3. The Morgan fingerprint density at radius 2 is 1.88 bits per heavy atom. The highest BCUT2D eigenvalue weighted by Gasteiger charge is 2.15. The van der Waals surface area contributed by atoms with Crippen LogP contribution in [0.1, 0.15) is 10.4 Å². The van der Waals surface area contributed by atoms with Gasteiger partial charge in [0.05, 0.1) is 10.5 Å². The molecule has 122 valence electrons. The average molecular weight is 344 g/mol. The molecule has 0 saturated carbocycles. The van der Waals surface area contributed by atoms with E-state index in [2.05, 4.69) is 19.9 Å². The Morgan fingerprint density at radius 1 is 1.12 bits per heavy atom. The number of carboxylic acids is 1. The molecule has 0 amide bonds. The highest BCUT2D eigenvalue weighted by molar-refractivity contribution is 7.92. The number of aromatic amines is 1. The summed E-state index contributed by atoms with van der Waals surface area (Å²) in [7, 11) is -3.83. The summed E-state index contributed by atoms with van der Waals surface area (Å²) >= 11 is 0. The number of carboxylic acid groups (broad SMARTS) is 1. The van der Waals surface area contributed by atoms with Crippen molar-refractivity contribution in [1.82, 2.24) is 15.2 Å². The van der Waals surface area contributed by atoms with E-state index >= 15 is 0 Å². The Kier molecular flexibility index (Phi) is 4.00. The number of carbonyl (C=O) groups is 1. The lowest BCUT2D eigenvalue weighted by atomic mass is 10.2. The van der Waals surface area contributed by atoms with Gasteiger partial charge in [0.1, 0.15) is 6.33 Å². The molecule has 3 N–H and O–H groups in total. The largest absolute Gasteiger partial charge is 0.478 e. The smallest absolute Gasteiger partial charge is 0.335 e. The van der Waals surface area contributed by atoms with Crippen molar-refractivity contribution in [2.24, 2.45) is 0 Å². The van der Waals surface area contributed by atoms with E-state index in [4.69, 9.17) is 5.11 Å². The topological polar surface area (TPSA) is 125 Å². The second kappa shape index (κ2) is 6.13. The number of nitrogens with zero attached hydrogens (tertiary/aromatic N) is 2. The highest BCUT2D eigenvalue weighted by Crippen LogP contribution is 2.21. The molecule has 8 nitrogen and oxygen atoms in total.